The van der Waals surface area contributed by atoms with Crippen LogP contribution in [0.15, 0.2) is 12.3 Å². The molecular formula is C13H23N3. The highest BCUT2D eigenvalue weighted by Gasteiger charge is 2.25. The molecule has 1 aromatic rings. The van der Waals surface area contributed by atoms with Crippen LogP contribution in [0.2, 0.25) is 0 Å². The lowest BCUT2D eigenvalue weighted by atomic mass is 9.96. The molecule has 1 saturated carbocycles. The topological polar surface area (TPSA) is 29.9 Å². The van der Waals surface area contributed by atoms with E-state index in [1.807, 2.05) is 17.9 Å². The van der Waals surface area contributed by atoms with E-state index in [-0.39, 0.29) is 0 Å². The van der Waals surface area contributed by atoms with Crippen molar-refractivity contribution in [3.8, 4) is 0 Å². The summed E-state index contributed by atoms with van der Waals surface area (Å²) in [5.74, 6) is 0.870. The third-order valence-corrected chi connectivity index (χ3v) is 3.82. The molecule has 3 heteroatoms. The van der Waals surface area contributed by atoms with Gasteiger partial charge in [0.15, 0.2) is 0 Å². The number of hydrogen-bond acceptors (Lipinski definition) is 2. The molecule has 0 aromatic carbocycles. The third kappa shape index (κ3) is 2.64. The Morgan fingerprint density at radius 1 is 1.50 bits per heavy atom. The van der Waals surface area contributed by atoms with E-state index in [9.17, 15) is 0 Å². The van der Waals surface area contributed by atoms with E-state index in [4.69, 9.17) is 0 Å². The van der Waals surface area contributed by atoms with Crippen LogP contribution < -0.4 is 5.32 Å². The summed E-state index contributed by atoms with van der Waals surface area (Å²) in [6.07, 6.45) is 8.53. The quantitative estimate of drug-likeness (QED) is 0.825. The Labute approximate surface area is 98.2 Å². The smallest absolute Gasteiger partial charge is 0.0492 e. The number of aryl methyl sites for hydroxylation is 2. The van der Waals surface area contributed by atoms with Crippen molar-refractivity contribution in [1.29, 1.82) is 0 Å². The Balaban J connectivity index is 1.83. The number of aromatic nitrogens is 2. The second-order valence-corrected chi connectivity index (χ2v) is 4.84. The SMILES string of the molecule is CCNC1CCCC1CCc1ccnn1C. The maximum absolute atomic E-state index is 4.22. The Morgan fingerprint density at radius 3 is 3.06 bits per heavy atom. The van der Waals surface area contributed by atoms with E-state index in [0.717, 1.165) is 18.5 Å². The van der Waals surface area contributed by atoms with Gasteiger partial charge >= 0.3 is 0 Å². The Hall–Kier alpha value is -0.830. The van der Waals surface area contributed by atoms with Gasteiger partial charge < -0.3 is 5.32 Å². The van der Waals surface area contributed by atoms with E-state index in [1.54, 1.807) is 0 Å². The van der Waals surface area contributed by atoms with Gasteiger partial charge in [-0.1, -0.05) is 13.3 Å². The standard InChI is InChI=1S/C13H23N3/c1-3-14-13-6-4-5-11(13)7-8-12-9-10-15-16(12)2/h9-11,13-14H,3-8H2,1-2H3. The van der Waals surface area contributed by atoms with Crippen LogP contribution in [0, 0.1) is 5.92 Å². The first kappa shape index (κ1) is 11.6. The third-order valence-electron chi connectivity index (χ3n) is 3.82. The Bertz CT molecular complexity index is 319. The molecule has 0 radical (unpaired) electrons. The number of nitrogens with one attached hydrogen (secondary N) is 1. The monoisotopic (exact) mass is 221 g/mol. The van der Waals surface area contributed by atoms with Gasteiger partial charge in [-0.3, -0.25) is 4.68 Å². The van der Waals surface area contributed by atoms with Crippen LogP contribution in [0.5, 0.6) is 0 Å². The number of rotatable bonds is 5. The van der Waals surface area contributed by atoms with Gasteiger partial charge in [-0.25, -0.2) is 0 Å². The van der Waals surface area contributed by atoms with Gasteiger partial charge in [0.2, 0.25) is 0 Å². The second kappa shape index (κ2) is 5.48. The summed E-state index contributed by atoms with van der Waals surface area (Å²) in [5, 5.41) is 7.84. The van der Waals surface area contributed by atoms with Crippen LogP contribution in [0.3, 0.4) is 0 Å². The molecule has 0 bridgehead atoms. The molecule has 1 fully saturated rings. The fraction of sp³-hybridized carbons (Fsp3) is 0.769. The van der Waals surface area contributed by atoms with Crippen molar-refractivity contribution < 1.29 is 0 Å². The van der Waals surface area contributed by atoms with Crippen LogP contribution in [0.25, 0.3) is 0 Å². The minimum Gasteiger partial charge on any atom is -0.314 e. The molecular weight excluding hydrogens is 198 g/mol. The van der Waals surface area contributed by atoms with Crippen LogP contribution in [0.4, 0.5) is 0 Å². The average molecular weight is 221 g/mol. The van der Waals surface area contributed by atoms with Crippen molar-refractivity contribution in [1.82, 2.24) is 15.1 Å². The molecule has 0 aliphatic heterocycles. The zero-order valence-corrected chi connectivity index (χ0v) is 10.4. The van der Waals surface area contributed by atoms with E-state index in [1.165, 1.54) is 37.8 Å². The second-order valence-electron chi connectivity index (χ2n) is 4.84. The highest BCUT2D eigenvalue weighted by molar-refractivity contribution is 5.00. The highest BCUT2D eigenvalue weighted by atomic mass is 15.2. The molecule has 16 heavy (non-hydrogen) atoms. The summed E-state index contributed by atoms with van der Waals surface area (Å²) >= 11 is 0. The maximum Gasteiger partial charge on any atom is 0.0492 e. The van der Waals surface area contributed by atoms with E-state index in [0.29, 0.717) is 0 Å². The molecule has 90 valence electrons. The van der Waals surface area contributed by atoms with Crippen molar-refractivity contribution in [3.63, 3.8) is 0 Å². The van der Waals surface area contributed by atoms with Gasteiger partial charge in [0.25, 0.3) is 0 Å². The zero-order valence-electron chi connectivity index (χ0n) is 10.4. The van der Waals surface area contributed by atoms with Gasteiger partial charge in [0.05, 0.1) is 0 Å². The minimum absolute atomic E-state index is 0.762. The largest absolute Gasteiger partial charge is 0.314 e. The molecule has 1 aliphatic rings. The van der Waals surface area contributed by atoms with E-state index in [2.05, 4.69) is 23.4 Å². The summed E-state index contributed by atoms with van der Waals surface area (Å²) in [6.45, 7) is 3.31. The lowest BCUT2D eigenvalue weighted by molar-refractivity contribution is 0.383. The van der Waals surface area contributed by atoms with Crippen LogP contribution in [0.1, 0.15) is 38.3 Å². The molecule has 2 rings (SSSR count). The van der Waals surface area contributed by atoms with Crippen LogP contribution >= 0.6 is 0 Å². The summed E-state index contributed by atoms with van der Waals surface area (Å²) in [6, 6.07) is 2.90. The van der Waals surface area contributed by atoms with Gasteiger partial charge in [-0.2, -0.15) is 5.10 Å². The summed E-state index contributed by atoms with van der Waals surface area (Å²) < 4.78 is 2.00. The van der Waals surface area contributed by atoms with Gasteiger partial charge in [-0.05, 0) is 44.2 Å². The summed E-state index contributed by atoms with van der Waals surface area (Å²) in [4.78, 5) is 0. The maximum atomic E-state index is 4.22. The first-order valence-corrected chi connectivity index (χ1v) is 6.51. The predicted molar refractivity (Wildman–Crippen MR) is 66.3 cm³/mol. The normalized spacial score (nSPS) is 25.1. The highest BCUT2D eigenvalue weighted by Crippen LogP contribution is 2.29. The molecule has 0 saturated heterocycles. The van der Waals surface area contributed by atoms with Crippen molar-refractivity contribution in [2.45, 2.75) is 45.1 Å². The fourth-order valence-corrected chi connectivity index (χ4v) is 2.89. The lowest BCUT2D eigenvalue weighted by Crippen LogP contribution is -2.32. The van der Waals surface area contributed by atoms with Gasteiger partial charge in [0.1, 0.15) is 0 Å². The number of hydrogen-bond donors (Lipinski definition) is 1. The van der Waals surface area contributed by atoms with Crippen molar-refractivity contribution in [3.05, 3.63) is 18.0 Å². The summed E-state index contributed by atoms with van der Waals surface area (Å²) in [5.41, 5.74) is 1.36. The van der Waals surface area contributed by atoms with Crippen molar-refractivity contribution >= 4 is 0 Å². The van der Waals surface area contributed by atoms with E-state index < -0.39 is 0 Å². The van der Waals surface area contributed by atoms with E-state index >= 15 is 0 Å². The molecule has 1 heterocycles. The molecule has 1 aromatic heterocycles. The first-order valence-electron chi connectivity index (χ1n) is 6.51. The number of nitrogens with zero attached hydrogens (tertiary/aromatic N) is 2. The average Bonchev–Trinajstić information content (AvgIpc) is 2.86. The molecule has 3 nitrogen and oxygen atoms in total. The van der Waals surface area contributed by atoms with Gasteiger partial charge in [-0.15, -0.1) is 0 Å². The molecule has 1 N–H and O–H groups in total. The van der Waals surface area contributed by atoms with Crippen LogP contribution in [-0.2, 0) is 13.5 Å². The Morgan fingerprint density at radius 2 is 2.38 bits per heavy atom. The Kier molecular flexibility index (Phi) is 3.99. The zero-order chi connectivity index (χ0) is 11.4. The lowest BCUT2D eigenvalue weighted by Gasteiger charge is -2.20. The van der Waals surface area contributed by atoms with Crippen LogP contribution in [-0.4, -0.2) is 22.4 Å². The molecule has 2 unspecified atom stereocenters. The van der Waals surface area contributed by atoms with Crippen molar-refractivity contribution in [2.75, 3.05) is 6.54 Å². The first-order chi connectivity index (χ1) is 7.81. The minimum atomic E-state index is 0.762. The molecule has 0 spiro atoms. The molecule has 1 aliphatic carbocycles. The van der Waals surface area contributed by atoms with Gasteiger partial charge in [0, 0.05) is 25.0 Å². The molecule has 2 atom stereocenters. The van der Waals surface area contributed by atoms with Crippen molar-refractivity contribution in [2.24, 2.45) is 13.0 Å². The molecule has 0 amide bonds. The summed E-state index contributed by atoms with van der Waals surface area (Å²) in [7, 11) is 2.03. The fourth-order valence-electron chi connectivity index (χ4n) is 2.89. The predicted octanol–water partition coefficient (Wildman–Crippen LogP) is 2.13.